The van der Waals surface area contributed by atoms with Gasteiger partial charge in [0.05, 0.1) is 0 Å². The minimum Gasteiger partial charge on any atom is -0.327 e. The molecule has 0 radical (unpaired) electrons. The Labute approximate surface area is 109 Å². The normalized spacial score (nSPS) is 39.6. The van der Waals surface area contributed by atoms with Gasteiger partial charge in [0.25, 0.3) is 0 Å². The lowest BCUT2D eigenvalue weighted by Crippen LogP contribution is -2.47. The van der Waals surface area contributed by atoms with Gasteiger partial charge in [-0.05, 0) is 38.2 Å². The molecule has 1 aromatic carbocycles. The van der Waals surface area contributed by atoms with Crippen molar-refractivity contribution in [3.63, 3.8) is 0 Å². The molecule has 3 nitrogen and oxygen atoms in total. The monoisotopic (exact) mass is 245 g/mol. The molecule has 0 aromatic heterocycles. The average Bonchev–Trinajstić information content (AvgIpc) is 2.72. The van der Waals surface area contributed by atoms with Crippen LogP contribution < -0.4 is 16.6 Å². The van der Waals surface area contributed by atoms with Crippen molar-refractivity contribution in [3.05, 3.63) is 35.4 Å². The molecule has 3 rings (SSSR count). The van der Waals surface area contributed by atoms with Crippen molar-refractivity contribution in [2.24, 2.45) is 11.7 Å². The highest BCUT2D eigenvalue weighted by atomic mass is 15.4. The van der Waals surface area contributed by atoms with Crippen molar-refractivity contribution in [1.29, 1.82) is 0 Å². The van der Waals surface area contributed by atoms with E-state index in [-0.39, 0.29) is 0 Å². The highest BCUT2D eigenvalue weighted by molar-refractivity contribution is 5.26. The predicted octanol–water partition coefficient (Wildman–Crippen LogP) is 1.68. The highest BCUT2D eigenvalue weighted by Crippen LogP contribution is 2.38. The van der Waals surface area contributed by atoms with Gasteiger partial charge in [-0.2, -0.15) is 0 Å². The molecule has 1 aliphatic carbocycles. The molecule has 2 aliphatic rings. The van der Waals surface area contributed by atoms with Gasteiger partial charge in [-0.1, -0.05) is 29.8 Å². The summed E-state index contributed by atoms with van der Waals surface area (Å²) in [6, 6.07) is 10.2. The summed E-state index contributed by atoms with van der Waals surface area (Å²) in [6.45, 7) is 4.36. The number of hydrogen-bond acceptors (Lipinski definition) is 3. The SMILES string of the molecule is Cc1ccc(C2CC(N)C3C(C)NNC3C2)cc1. The topological polar surface area (TPSA) is 50.1 Å². The molecule has 0 amide bonds. The van der Waals surface area contributed by atoms with Crippen LogP contribution >= 0.6 is 0 Å². The Kier molecular flexibility index (Phi) is 3.14. The standard InChI is InChI=1S/C15H23N3/c1-9-3-5-11(6-4-9)12-7-13(16)15-10(2)17-18-14(15)8-12/h3-6,10,12-15,17-18H,7-8,16H2,1-2H3. The second-order valence-corrected chi connectivity index (χ2v) is 6.00. The summed E-state index contributed by atoms with van der Waals surface area (Å²) in [5.41, 5.74) is 15.9. The Morgan fingerprint density at radius 1 is 1.11 bits per heavy atom. The molecule has 3 heteroatoms. The third-order valence-corrected chi connectivity index (χ3v) is 4.68. The Morgan fingerprint density at radius 2 is 1.83 bits per heavy atom. The Balaban J connectivity index is 1.78. The van der Waals surface area contributed by atoms with Crippen molar-refractivity contribution in [1.82, 2.24) is 10.9 Å². The first-order valence-electron chi connectivity index (χ1n) is 6.98. The number of benzene rings is 1. The molecule has 4 N–H and O–H groups in total. The lowest BCUT2D eigenvalue weighted by atomic mass is 9.71. The Morgan fingerprint density at radius 3 is 2.56 bits per heavy atom. The number of hydrogen-bond donors (Lipinski definition) is 3. The quantitative estimate of drug-likeness (QED) is 0.705. The van der Waals surface area contributed by atoms with Crippen LogP contribution in [0.15, 0.2) is 24.3 Å². The Bertz CT molecular complexity index is 414. The van der Waals surface area contributed by atoms with Gasteiger partial charge in [-0.25, -0.2) is 0 Å². The molecular weight excluding hydrogens is 222 g/mol. The zero-order chi connectivity index (χ0) is 12.7. The van der Waals surface area contributed by atoms with Crippen molar-refractivity contribution < 1.29 is 0 Å². The van der Waals surface area contributed by atoms with E-state index < -0.39 is 0 Å². The lowest BCUT2D eigenvalue weighted by molar-refractivity contribution is 0.246. The summed E-state index contributed by atoms with van der Waals surface area (Å²) in [6.07, 6.45) is 2.30. The third-order valence-electron chi connectivity index (χ3n) is 4.68. The molecule has 1 aromatic rings. The fourth-order valence-electron chi connectivity index (χ4n) is 3.66. The third kappa shape index (κ3) is 2.07. The first kappa shape index (κ1) is 12.2. The number of aryl methyl sites for hydroxylation is 1. The fraction of sp³-hybridized carbons (Fsp3) is 0.600. The van der Waals surface area contributed by atoms with Gasteiger partial charge in [-0.3, -0.25) is 10.9 Å². The molecule has 0 spiro atoms. The lowest BCUT2D eigenvalue weighted by Gasteiger charge is -2.37. The van der Waals surface area contributed by atoms with E-state index >= 15 is 0 Å². The maximum atomic E-state index is 6.39. The van der Waals surface area contributed by atoms with Crippen LogP contribution in [0.1, 0.15) is 36.8 Å². The number of fused-ring (bicyclic) bond motifs is 1. The van der Waals surface area contributed by atoms with Gasteiger partial charge in [0.15, 0.2) is 0 Å². The summed E-state index contributed by atoms with van der Waals surface area (Å²) in [4.78, 5) is 0. The van der Waals surface area contributed by atoms with Crippen LogP contribution in [0, 0.1) is 12.8 Å². The van der Waals surface area contributed by atoms with Crippen molar-refractivity contribution >= 4 is 0 Å². The molecule has 98 valence electrons. The van der Waals surface area contributed by atoms with Crippen LogP contribution in [-0.4, -0.2) is 18.1 Å². The first-order valence-corrected chi connectivity index (χ1v) is 6.98. The van der Waals surface area contributed by atoms with E-state index in [1.165, 1.54) is 17.5 Å². The van der Waals surface area contributed by atoms with Gasteiger partial charge < -0.3 is 5.73 Å². The highest BCUT2D eigenvalue weighted by Gasteiger charge is 2.42. The van der Waals surface area contributed by atoms with Crippen molar-refractivity contribution in [2.75, 3.05) is 0 Å². The van der Waals surface area contributed by atoms with E-state index in [1.54, 1.807) is 0 Å². The smallest absolute Gasteiger partial charge is 0.0277 e. The summed E-state index contributed by atoms with van der Waals surface area (Å²) in [7, 11) is 0. The van der Waals surface area contributed by atoms with E-state index in [2.05, 4.69) is 49.0 Å². The molecule has 18 heavy (non-hydrogen) atoms. The maximum Gasteiger partial charge on any atom is 0.0277 e. The summed E-state index contributed by atoms with van der Waals surface area (Å²) < 4.78 is 0. The van der Waals surface area contributed by atoms with Gasteiger partial charge in [-0.15, -0.1) is 0 Å². The van der Waals surface area contributed by atoms with Crippen molar-refractivity contribution in [2.45, 2.75) is 50.7 Å². The van der Waals surface area contributed by atoms with Gasteiger partial charge >= 0.3 is 0 Å². The Hall–Kier alpha value is -0.900. The van der Waals surface area contributed by atoms with Crippen LogP contribution in [0.5, 0.6) is 0 Å². The zero-order valence-electron chi connectivity index (χ0n) is 11.2. The van der Waals surface area contributed by atoms with E-state index in [9.17, 15) is 0 Å². The molecule has 1 heterocycles. The van der Waals surface area contributed by atoms with E-state index in [0.29, 0.717) is 30.0 Å². The van der Waals surface area contributed by atoms with Crippen LogP contribution in [0.4, 0.5) is 0 Å². The van der Waals surface area contributed by atoms with Crippen LogP contribution in [0.3, 0.4) is 0 Å². The largest absolute Gasteiger partial charge is 0.327 e. The van der Waals surface area contributed by atoms with Crippen LogP contribution in [0.25, 0.3) is 0 Å². The van der Waals surface area contributed by atoms with E-state index in [4.69, 9.17) is 5.73 Å². The van der Waals surface area contributed by atoms with E-state index in [1.807, 2.05) is 0 Å². The van der Waals surface area contributed by atoms with Crippen molar-refractivity contribution in [3.8, 4) is 0 Å². The minimum absolute atomic E-state index is 0.299. The van der Waals surface area contributed by atoms with Gasteiger partial charge in [0.2, 0.25) is 0 Å². The number of hydrazine groups is 1. The van der Waals surface area contributed by atoms with Gasteiger partial charge in [0, 0.05) is 24.0 Å². The second kappa shape index (κ2) is 4.65. The maximum absolute atomic E-state index is 6.39. The van der Waals surface area contributed by atoms with E-state index in [0.717, 1.165) is 6.42 Å². The first-order chi connectivity index (χ1) is 8.65. The molecule has 1 saturated carbocycles. The second-order valence-electron chi connectivity index (χ2n) is 6.00. The van der Waals surface area contributed by atoms with Gasteiger partial charge in [0.1, 0.15) is 0 Å². The minimum atomic E-state index is 0.299. The molecular formula is C15H23N3. The number of nitrogens with two attached hydrogens (primary N) is 1. The molecule has 5 atom stereocenters. The molecule has 1 saturated heterocycles. The number of nitrogens with one attached hydrogen (secondary N) is 2. The molecule has 1 aliphatic heterocycles. The summed E-state index contributed by atoms with van der Waals surface area (Å²) >= 11 is 0. The average molecular weight is 245 g/mol. The summed E-state index contributed by atoms with van der Waals surface area (Å²) in [5, 5.41) is 0. The molecule has 2 fully saturated rings. The predicted molar refractivity (Wildman–Crippen MR) is 74.1 cm³/mol. The van der Waals surface area contributed by atoms with Crippen LogP contribution in [-0.2, 0) is 0 Å². The molecule has 0 bridgehead atoms. The number of rotatable bonds is 1. The fourth-order valence-corrected chi connectivity index (χ4v) is 3.66. The molecule has 5 unspecified atom stereocenters. The summed E-state index contributed by atoms with van der Waals surface area (Å²) in [5.74, 6) is 1.17. The zero-order valence-corrected chi connectivity index (χ0v) is 11.2. The van der Waals surface area contributed by atoms with Crippen LogP contribution in [0.2, 0.25) is 0 Å².